The lowest BCUT2D eigenvalue weighted by Crippen LogP contribution is -2.32. The number of pyridine rings is 1. The topological polar surface area (TPSA) is 81.3 Å². The molecule has 0 spiro atoms. The minimum atomic E-state index is -4.92. The van der Waals surface area contributed by atoms with Gasteiger partial charge < -0.3 is 4.55 Å². The van der Waals surface area contributed by atoms with Gasteiger partial charge in [0.1, 0.15) is 6.54 Å². The summed E-state index contributed by atoms with van der Waals surface area (Å²) in [6, 6.07) is 6.26. The highest BCUT2D eigenvalue weighted by Crippen LogP contribution is 2.04. The molecule has 0 aliphatic carbocycles. The first kappa shape index (κ1) is 18.0. The van der Waals surface area contributed by atoms with Crippen molar-refractivity contribution in [2.45, 2.75) is 52.0 Å². The van der Waals surface area contributed by atoms with Crippen LogP contribution in [0.5, 0.6) is 0 Å². The molecular weight excluding hydrogens is 266 g/mol. The van der Waals surface area contributed by atoms with E-state index in [-0.39, 0.29) is 0 Å². The zero-order valence-corrected chi connectivity index (χ0v) is 12.2. The highest BCUT2D eigenvalue weighted by molar-refractivity contribution is 7.79. The summed E-state index contributed by atoms with van der Waals surface area (Å²) in [6.45, 7) is 3.44. The zero-order chi connectivity index (χ0) is 14.6. The van der Waals surface area contributed by atoms with E-state index in [1.54, 1.807) is 0 Å². The maximum Gasteiger partial charge on any atom is 0.215 e. The Morgan fingerprint density at radius 2 is 1.47 bits per heavy atom. The van der Waals surface area contributed by atoms with Crippen molar-refractivity contribution in [1.82, 2.24) is 0 Å². The molecule has 6 heteroatoms. The fourth-order valence-electron chi connectivity index (χ4n) is 1.66. The molecule has 0 unspecified atom stereocenters. The van der Waals surface area contributed by atoms with E-state index in [2.05, 4.69) is 42.1 Å². The van der Waals surface area contributed by atoms with E-state index in [0.717, 1.165) is 0 Å². The third-order valence-corrected chi connectivity index (χ3v) is 2.55. The van der Waals surface area contributed by atoms with Crippen LogP contribution in [-0.2, 0) is 16.9 Å². The Labute approximate surface area is 115 Å². The number of aryl methyl sites for hydroxylation is 1. The standard InChI is InChI=1S/C13H22N.H2O4S/c1-2-3-4-5-6-8-11-14-12-9-7-10-13-14;1-5(2,3)4/h7,9-10,12-13H,2-6,8,11H2,1H3;(H2,1,2,3,4)/q+1;/p-1. The number of nitrogens with zero attached hydrogens (tertiary/aromatic N) is 1. The summed E-state index contributed by atoms with van der Waals surface area (Å²) in [5.74, 6) is 0. The fraction of sp³-hybridized carbons (Fsp3) is 0.615. The fourth-order valence-corrected chi connectivity index (χ4v) is 1.66. The van der Waals surface area contributed by atoms with Gasteiger partial charge in [-0.2, -0.15) is 0 Å². The lowest BCUT2D eigenvalue weighted by molar-refractivity contribution is -0.697. The molecule has 0 amide bonds. The van der Waals surface area contributed by atoms with Crippen molar-refractivity contribution in [2.75, 3.05) is 0 Å². The molecule has 0 aliphatic rings. The van der Waals surface area contributed by atoms with Crippen molar-refractivity contribution in [3.05, 3.63) is 30.6 Å². The van der Waals surface area contributed by atoms with E-state index in [1.807, 2.05) is 0 Å². The molecule has 1 heterocycles. The summed E-state index contributed by atoms with van der Waals surface area (Å²) < 4.78 is 35.1. The molecule has 0 atom stereocenters. The number of unbranched alkanes of at least 4 members (excludes halogenated alkanes) is 5. The molecule has 0 radical (unpaired) electrons. The van der Waals surface area contributed by atoms with Gasteiger partial charge in [0.2, 0.25) is 10.4 Å². The van der Waals surface area contributed by atoms with E-state index in [4.69, 9.17) is 17.5 Å². The summed E-state index contributed by atoms with van der Waals surface area (Å²) in [5, 5.41) is 0. The number of hydrogen-bond donors (Lipinski definition) is 1. The van der Waals surface area contributed by atoms with Gasteiger partial charge in [-0.25, -0.2) is 13.0 Å². The van der Waals surface area contributed by atoms with Crippen LogP contribution in [0.1, 0.15) is 45.4 Å². The molecular formula is C13H23NO4S. The second-order valence-corrected chi connectivity index (χ2v) is 5.16. The largest absolute Gasteiger partial charge is 0.726 e. The first-order valence-corrected chi connectivity index (χ1v) is 7.92. The molecule has 1 rings (SSSR count). The molecule has 0 aliphatic heterocycles. The highest BCUT2D eigenvalue weighted by atomic mass is 32.3. The predicted octanol–water partition coefficient (Wildman–Crippen LogP) is 2.34. The quantitative estimate of drug-likeness (QED) is 0.361. The Kier molecular flexibility index (Phi) is 10.3. The van der Waals surface area contributed by atoms with Crippen LogP contribution in [0, 0.1) is 0 Å². The van der Waals surface area contributed by atoms with Crippen molar-refractivity contribution in [1.29, 1.82) is 0 Å². The van der Waals surface area contributed by atoms with Crippen LogP contribution in [0.2, 0.25) is 0 Å². The van der Waals surface area contributed by atoms with Crippen LogP contribution >= 0.6 is 0 Å². The third-order valence-electron chi connectivity index (χ3n) is 2.55. The first-order chi connectivity index (χ1) is 8.93. The molecule has 0 saturated carbocycles. The van der Waals surface area contributed by atoms with Gasteiger partial charge in [0, 0.05) is 18.6 Å². The molecule has 0 saturated heterocycles. The van der Waals surface area contributed by atoms with Gasteiger partial charge in [-0.3, -0.25) is 4.55 Å². The molecule has 1 aromatic heterocycles. The van der Waals surface area contributed by atoms with Crippen LogP contribution < -0.4 is 4.57 Å². The van der Waals surface area contributed by atoms with Crippen molar-refractivity contribution in [2.24, 2.45) is 0 Å². The van der Waals surface area contributed by atoms with Crippen LogP contribution in [0.25, 0.3) is 0 Å². The van der Waals surface area contributed by atoms with E-state index in [0.29, 0.717) is 0 Å². The summed E-state index contributed by atoms with van der Waals surface area (Å²) >= 11 is 0. The van der Waals surface area contributed by atoms with E-state index in [9.17, 15) is 0 Å². The van der Waals surface area contributed by atoms with Crippen LogP contribution in [-0.4, -0.2) is 17.5 Å². The molecule has 5 nitrogen and oxygen atoms in total. The van der Waals surface area contributed by atoms with E-state index in [1.165, 1.54) is 45.1 Å². The van der Waals surface area contributed by atoms with Crippen LogP contribution in [0.3, 0.4) is 0 Å². The summed E-state index contributed by atoms with van der Waals surface area (Å²) in [6.07, 6.45) is 12.5. The molecule has 0 aromatic carbocycles. The smallest absolute Gasteiger partial charge is 0.215 e. The lowest BCUT2D eigenvalue weighted by atomic mass is 10.1. The van der Waals surface area contributed by atoms with Gasteiger partial charge in [0.15, 0.2) is 12.4 Å². The second kappa shape index (κ2) is 10.9. The minimum absolute atomic E-state index is 1.17. The Hall–Kier alpha value is -0.980. The third kappa shape index (κ3) is 17.0. The Bertz CT molecular complexity index is 398. The van der Waals surface area contributed by atoms with Gasteiger partial charge in [-0.1, -0.05) is 38.7 Å². The molecule has 0 bridgehead atoms. The van der Waals surface area contributed by atoms with Gasteiger partial charge in [0.25, 0.3) is 0 Å². The van der Waals surface area contributed by atoms with Crippen LogP contribution in [0.15, 0.2) is 30.6 Å². The molecule has 1 aromatic rings. The highest BCUT2D eigenvalue weighted by Gasteiger charge is 1.96. The van der Waals surface area contributed by atoms with Crippen molar-refractivity contribution < 1.29 is 22.1 Å². The van der Waals surface area contributed by atoms with Gasteiger partial charge in [0.05, 0.1) is 0 Å². The van der Waals surface area contributed by atoms with E-state index < -0.39 is 10.4 Å². The zero-order valence-electron chi connectivity index (χ0n) is 11.4. The summed E-state index contributed by atoms with van der Waals surface area (Å²) in [4.78, 5) is 0. The number of aromatic nitrogens is 1. The Morgan fingerprint density at radius 3 is 2.00 bits per heavy atom. The lowest BCUT2D eigenvalue weighted by Gasteiger charge is -1.98. The number of rotatable bonds is 7. The minimum Gasteiger partial charge on any atom is -0.726 e. The summed E-state index contributed by atoms with van der Waals surface area (Å²) in [5.41, 5.74) is 0. The Balaban J connectivity index is 0.000000555. The number of hydrogen-bond acceptors (Lipinski definition) is 3. The van der Waals surface area contributed by atoms with Crippen molar-refractivity contribution >= 4 is 10.4 Å². The maximum atomic E-state index is 8.63. The van der Waals surface area contributed by atoms with E-state index >= 15 is 0 Å². The van der Waals surface area contributed by atoms with Gasteiger partial charge in [-0.05, 0) is 6.42 Å². The molecule has 110 valence electrons. The second-order valence-electron chi connectivity index (χ2n) is 4.31. The predicted molar refractivity (Wildman–Crippen MR) is 72.3 cm³/mol. The van der Waals surface area contributed by atoms with Gasteiger partial charge >= 0.3 is 0 Å². The van der Waals surface area contributed by atoms with Gasteiger partial charge in [-0.15, -0.1) is 0 Å². The van der Waals surface area contributed by atoms with Crippen molar-refractivity contribution in [3.63, 3.8) is 0 Å². The SMILES string of the molecule is CCCCCCCC[n+]1ccccc1.O=S(=O)([O-])O. The average molecular weight is 289 g/mol. The average Bonchev–Trinajstić information content (AvgIpc) is 2.33. The molecule has 1 N–H and O–H groups in total. The monoisotopic (exact) mass is 289 g/mol. The normalized spacial score (nSPS) is 10.7. The molecule has 19 heavy (non-hydrogen) atoms. The summed E-state index contributed by atoms with van der Waals surface area (Å²) in [7, 11) is -4.92. The maximum absolute atomic E-state index is 8.63. The van der Waals surface area contributed by atoms with Crippen LogP contribution in [0.4, 0.5) is 0 Å². The van der Waals surface area contributed by atoms with Crippen molar-refractivity contribution in [3.8, 4) is 0 Å². The first-order valence-electron chi connectivity index (χ1n) is 6.56. The Morgan fingerprint density at radius 1 is 1.00 bits per heavy atom. The molecule has 0 fully saturated rings.